The van der Waals surface area contributed by atoms with Crippen LogP contribution in [0.2, 0.25) is 0 Å². The molecule has 1 aromatic carbocycles. The average Bonchev–Trinajstić information content (AvgIpc) is 3.01. The van der Waals surface area contributed by atoms with Crippen molar-refractivity contribution < 1.29 is 9.45 Å². The predicted molar refractivity (Wildman–Crippen MR) is 92.6 cm³/mol. The van der Waals surface area contributed by atoms with Gasteiger partial charge in [0.25, 0.3) is 0 Å². The molecule has 0 unspecified atom stereocenters. The number of nitrogens with zero attached hydrogens (tertiary/aromatic N) is 3. The Labute approximate surface area is 136 Å². The van der Waals surface area contributed by atoms with Crippen molar-refractivity contribution >= 4 is 11.8 Å². The number of rotatable bonds is 3. The van der Waals surface area contributed by atoms with E-state index in [-0.39, 0.29) is 0 Å². The zero-order chi connectivity index (χ0) is 17.4. The third-order valence-electron chi connectivity index (χ3n) is 1.77. The quantitative estimate of drug-likeness (QED) is 0.608. The summed E-state index contributed by atoms with van der Waals surface area (Å²) in [5.74, 6) is 2.10. The van der Waals surface area contributed by atoms with Gasteiger partial charge in [-0.1, -0.05) is 63.2 Å². The van der Waals surface area contributed by atoms with Gasteiger partial charge in [-0.25, -0.2) is 0 Å². The van der Waals surface area contributed by atoms with E-state index in [9.17, 15) is 0 Å². The highest BCUT2D eigenvalue weighted by atomic mass is 32.2. The molecular weight excluding hydrogens is 302 g/mol. The van der Waals surface area contributed by atoms with Crippen LogP contribution in [0.4, 0.5) is 0 Å². The summed E-state index contributed by atoms with van der Waals surface area (Å²) < 4.78 is 5.08. The Kier molecular flexibility index (Phi) is 15.8. The molecule has 0 saturated carbocycles. The van der Waals surface area contributed by atoms with Gasteiger partial charge in [-0.2, -0.15) is 16.7 Å². The molecule has 1 heterocycles. The molecule has 2 aromatic rings. The third kappa shape index (κ3) is 10.8. The molecule has 0 fully saturated rings. The number of thioether (sulfide) groups is 1. The fourth-order valence-electron chi connectivity index (χ4n) is 1.14. The van der Waals surface area contributed by atoms with Crippen LogP contribution < -0.4 is 0 Å². The molecule has 2 rings (SSSR count). The number of hydrogen-bond donors (Lipinski definition) is 0. The Hall–Kier alpha value is -1.89. The molecule has 0 bridgehead atoms. The van der Waals surface area contributed by atoms with Gasteiger partial charge in [0, 0.05) is 10.5 Å². The van der Waals surface area contributed by atoms with E-state index in [0.29, 0.717) is 11.7 Å². The number of hydrogen-bond acceptors (Lipinski definition) is 6. The summed E-state index contributed by atoms with van der Waals surface area (Å²) in [6, 6.07) is 9.81. The highest BCUT2D eigenvalue weighted by molar-refractivity contribution is 7.97. The van der Waals surface area contributed by atoms with E-state index >= 15 is 0 Å². The molecule has 22 heavy (non-hydrogen) atoms. The molecule has 0 spiro atoms. The standard InChI is InChI=1S/C10H10N2OS.2C2H6.CH3NO2/c1-14-7-9-11-10(12-13-9)8-5-3-2-4-6-8;2*1-2;1-2(3)4/h2-6H,7H2,1H3;2*1-2H3;1H3. The summed E-state index contributed by atoms with van der Waals surface area (Å²) >= 11 is 1.67. The maximum absolute atomic E-state index is 8.81. The van der Waals surface area contributed by atoms with Gasteiger partial charge in [-0.05, 0) is 6.26 Å². The van der Waals surface area contributed by atoms with Crippen molar-refractivity contribution in [1.82, 2.24) is 10.1 Å². The van der Waals surface area contributed by atoms with Crippen molar-refractivity contribution in [2.45, 2.75) is 33.4 Å². The molecular formula is C15H25N3O3S. The van der Waals surface area contributed by atoms with Gasteiger partial charge in [0.05, 0.1) is 5.75 Å². The summed E-state index contributed by atoms with van der Waals surface area (Å²) in [7, 11) is 0.889. The molecule has 0 aliphatic rings. The van der Waals surface area contributed by atoms with Gasteiger partial charge < -0.3 is 4.52 Å². The molecule has 0 amide bonds. The monoisotopic (exact) mass is 327 g/mol. The lowest BCUT2D eigenvalue weighted by atomic mass is 10.2. The largest absolute Gasteiger partial charge is 0.338 e. The predicted octanol–water partition coefficient (Wildman–Crippen LogP) is 4.54. The van der Waals surface area contributed by atoms with E-state index in [1.165, 1.54) is 0 Å². The van der Waals surface area contributed by atoms with Crippen molar-refractivity contribution in [3.05, 3.63) is 46.3 Å². The molecule has 7 heteroatoms. The third-order valence-corrected chi connectivity index (χ3v) is 2.30. The van der Waals surface area contributed by atoms with Crippen LogP contribution >= 0.6 is 11.8 Å². The van der Waals surface area contributed by atoms with Gasteiger partial charge in [0.1, 0.15) is 0 Å². The van der Waals surface area contributed by atoms with Gasteiger partial charge in [0.15, 0.2) is 7.05 Å². The van der Waals surface area contributed by atoms with Crippen LogP contribution in [0.15, 0.2) is 34.9 Å². The van der Waals surface area contributed by atoms with Crippen molar-refractivity contribution in [2.24, 2.45) is 0 Å². The summed E-state index contributed by atoms with van der Waals surface area (Å²) in [5, 5.41) is 12.7. The van der Waals surface area contributed by atoms with Crippen LogP contribution in [-0.4, -0.2) is 28.4 Å². The first-order valence-corrected chi connectivity index (χ1v) is 8.47. The second-order valence-corrected chi connectivity index (χ2v) is 4.12. The van der Waals surface area contributed by atoms with Crippen LogP contribution in [0.5, 0.6) is 0 Å². The lowest BCUT2D eigenvalue weighted by Crippen LogP contribution is -1.81. The van der Waals surface area contributed by atoms with Crippen LogP contribution in [0, 0.1) is 10.1 Å². The van der Waals surface area contributed by atoms with Crippen molar-refractivity contribution in [2.75, 3.05) is 13.3 Å². The fourth-order valence-corrected chi connectivity index (χ4v) is 1.51. The van der Waals surface area contributed by atoms with E-state index < -0.39 is 4.92 Å². The number of nitro groups is 1. The Morgan fingerprint density at radius 3 is 2.14 bits per heavy atom. The van der Waals surface area contributed by atoms with Gasteiger partial charge in [-0.3, -0.25) is 10.1 Å². The SMILES string of the molecule is CC.CC.CSCc1nc(-c2ccccc2)no1.C[N+](=O)[O-]. The molecule has 1 aromatic heterocycles. The molecule has 0 radical (unpaired) electrons. The summed E-state index contributed by atoms with van der Waals surface area (Å²) in [6.45, 7) is 8.00. The van der Waals surface area contributed by atoms with Crippen molar-refractivity contribution in [1.29, 1.82) is 0 Å². The zero-order valence-corrected chi connectivity index (χ0v) is 14.9. The summed E-state index contributed by atoms with van der Waals surface area (Å²) in [4.78, 5) is 12.6. The number of benzene rings is 1. The molecule has 6 nitrogen and oxygen atoms in total. The maximum Gasteiger partial charge on any atom is 0.236 e. The lowest BCUT2D eigenvalue weighted by molar-refractivity contribution is -0.445. The van der Waals surface area contributed by atoms with Crippen LogP contribution in [0.25, 0.3) is 11.4 Å². The number of aromatic nitrogens is 2. The van der Waals surface area contributed by atoms with E-state index in [0.717, 1.165) is 18.4 Å². The molecule has 124 valence electrons. The maximum atomic E-state index is 8.81. The smallest absolute Gasteiger partial charge is 0.236 e. The summed E-state index contributed by atoms with van der Waals surface area (Å²) in [5.41, 5.74) is 0.989. The van der Waals surface area contributed by atoms with E-state index in [1.807, 2.05) is 64.3 Å². The minimum absolute atomic E-state index is 0.500. The molecule has 0 atom stereocenters. The first-order valence-electron chi connectivity index (χ1n) is 7.08. The topological polar surface area (TPSA) is 82.1 Å². The van der Waals surface area contributed by atoms with Crippen LogP contribution in [0.3, 0.4) is 0 Å². The average molecular weight is 327 g/mol. The van der Waals surface area contributed by atoms with Gasteiger partial charge in [-0.15, -0.1) is 0 Å². The highest BCUT2D eigenvalue weighted by Crippen LogP contribution is 2.16. The van der Waals surface area contributed by atoms with E-state index in [2.05, 4.69) is 10.1 Å². The van der Waals surface area contributed by atoms with E-state index in [4.69, 9.17) is 14.6 Å². The lowest BCUT2D eigenvalue weighted by Gasteiger charge is -1.90. The first-order chi connectivity index (χ1) is 10.6. The van der Waals surface area contributed by atoms with Gasteiger partial charge >= 0.3 is 0 Å². The van der Waals surface area contributed by atoms with Crippen LogP contribution in [0.1, 0.15) is 33.6 Å². The fraction of sp³-hybridized carbons (Fsp3) is 0.467. The molecule has 0 saturated heterocycles. The highest BCUT2D eigenvalue weighted by Gasteiger charge is 2.06. The summed E-state index contributed by atoms with van der Waals surface area (Å²) in [6.07, 6.45) is 2.01. The molecule has 0 aliphatic carbocycles. The zero-order valence-electron chi connectivity index (χ0n) is 14.1. The van der Waals surface area contributed by atoms with Crippen molar-refractivity contribution in [3.8, 4) is 11.4 Å². The van der Waals surface area contributed by atoms with Crippen LogP contribution in [-0.2, 0) is 5.75 Å². The minimum Gasteiger partial charge on any atom is -0.338 e. The van der Waals surface area contributed by atoms with Gasteiger partial charge in [0.2, 0.25) is 11.7 Å². The Morgan fingerprint density at radius 1 is 1.18 bits per heavy atom. The Morgan fingerprint density at radius 2 is 1.68 bits per heavy atom. The Balaban J connectivity index is 0. The second-order valence-electron chi connectivity index (χ2n) is 3.25. The first kappa shape index (κ1) is 22.4. The minimum atomic E-state index is -0.500. The van der Waals surface area contributed by atoms with Crippen molar-refractivity contribution in [3.63, 3.8) is 0 Å². The second kappa shape index (κ2) is 15.5. The Bertz CT molecular complexity index is 486. The molecule has 0 aliphatic heterocycles. The normalized spacial score (nSPS) is 8.27. The molecule has 0 N–H and O–H groups in total. The van der Waals surface area contributed by atoms with E-state index in [1.54, 1.807) is 11.8 Å².